The molecule has 74 valence electrons. The lowest BCUT2D eigenvalue weighted by atomic mass is 9.96. The van der Waals surface area contributed by atoms with Crippen molar-refractivity contribution in [1.82, 2.24) is 5.32 Å². The van der Waals surface area contributed by atoms with E-state index < -0.39 is 0 Å². The van der Waals surface area contributed by atoms with Crippen molar-refractivity contribution < 1.29 is 9.53 Å². The van der Waals surface area contributed by atoms with Crippen LogP contribution >= 0.6 is 11.6 Å². The maximum Gasteiger partial charge on any atom is 0.408 e. The fourth-order valence-corrected chi connectivity index (χ4v) is 2.43. The van der Waals surface area contributed by atoms with Crippen molar-refractivity contribution in [3.8, 4) is 0 Å². The maximum absolute atomic E-state index is 11.1. The van der Waals surface area contributed by atoms with Crippen molar-refractivity contribution in [1.29, 1.82) is 0 Å². The van der Waals surface area contributed by atoms with Gasteiger partial charge in [-0.05, 0) is 24.7 Å². The predicted octanol–water partition coefficient (Wildman–Crippen LogP) is 2.10. The SMILES string of the molecule is O=C(NC1CCCC2CC21)OCCl. The molecule has 1 amide bonds. The number of fused-ring (bicyclic) bond motifs is 1. The largest absolute Gasteiger partial charge is 0.433 e. The number of hydrogen-bond acceptors (Lipinski definition) is 2. The zero-order chi connectivity index (χ0) is 9.26. The zero-order valence-electron chi connectivity index (χ0n) is 7.46. The summed E-state index contributed by atoms with van der Waals surface area (Å²) < 4.78 is 4.63. The van der Waals surface area contributed by atoms with Crippen LogP contribution in [0.2, 0.25) is 0 Å². The molecule has 3 atom stereocenters. The molecule has 0 aromatic carbocycles. The lowest BCUT2D eigenvalue weighted by molar-refractivity contribution is 0.155. The van der Waals surface area contributed by atoms with Crippen molar-refractivity contribution in [3.63, 3.8) is 0 Å². The number of ether oxygens (including phenoxy) is 1. The average Bonchev–Trinajstić information content (AvgIpc) is 2.84. The molecule has 0 radical (unpaired) electrons. The van der Waals surface area contributed by atoms with E-state index in [9.17, 15) is 4.79 Å². The monoisotopic (exact) mass is 203 g/mol. The number of alkyl carbamates (subject to hydrolysis) is 1. The summed E-state index contributed by atoms with van der Waals surface area (Å²) in [6.07, 6.45) is 4.58. The first-order valence-electron chi connectivity index (χ1n) is 4.80. The molecule has 0 aliphatic heterocycles. The van der Waals surface area contributed by atoms with Crippen LogP contribution in [-0.2, 0) is 4.74 Å². The predicted molar refractivity (Wildman–Crippen MR) is 49.6 cm³/mol. The molecule has 3 nitrogen and oxygen atoms in total. The Morgan fingerprint density at radius 2 is 2.38 bits per heavy atom. The molecule has 2 rings (SSSR count). The minimum absolute atomic E-state index is 0.0628. The van der Waals surface area contributed by atoms with Gasteiger partial charge in [0.2, 0.25) is 0 Å². The van der Waals surface area contributed by atoms with Crippen LogP contribution in [0.15, 0.2) is 0 Å². The van der Waals surface area contributed by atoms with E-state index in [2.05, 4.69) is 10.1 Å². The average molecular weight is 204 g/mol. The molecule has 2 fully saturated rings. The third-order valence-electron chi connectivity index (χ3n) is 3.07. The number of halogens is 1. The number of carbonyl (C=O) groups excluding carboxylic acids is 1. The van der Waals surface area contributed by atoms with Crippen molar-refractivity contribution in [3.05, 3.63) is 0 Å². The van der Waals surface area contributed by atoms with Crippen LogP contribution in [0.5, 0.6) is 0 Å². The molecule has 13 heavy (non-hydrogen) atoms. The third kappa shape index (κ3) is 2.08. The Morgan fingerprint density at radius 3 is 3.15 bits per heavy atom. The van der Waals surface area contributed by atoms with E-state index in [0.29, 0.717) is 6.04 Å². The Kier molecular flexibility index (Phi) is 2.63. The highest BCUT2D eigenvalue weighted by molar-refractivity contribution is 6.17. The quantitative estimate of drug-likeness (QED) is 0.698. The van der Waals surface area contributed by atoms with E-state index in [1.807, 2.05) is 0 Å². The van der Waals surface area contributed by atoms with Gasteiger partial charge in [0, 0.05) is 6.04 Å². The second-order valence-corrected chi connectivity index (χ2v) is 4.10. The van der Waals surface area contributed by atoms with Crippen LogP contribution < -0.4 is 5.32 Å². The van der Waals surface area contributed by atoms with Gasteiger partial charge in [0.25, 0.3) is 0 Å². The molecular weight excluding hydrogens is 190 g/mol. The minimum atomic E-state index is -0.368. The van der Waals surface area contributed by atoms with Gasteiger partial charge in [0.1, 0.15) is 0 Å². The molecule has 2 saturated carbocycles. The second-order valence-electron chi connectivity index (χ2n) is 3.88. The summed E-state index contributed by atoms with van der Waals surface area (Å²) in [4.78, 5) is 11.1. The van der Waals surface area contributed by atoms with Crippen molar-refractivity contribution in [2.24, 2.45) is 11.8 Å². The summed E-state index contributed by atoms with van der Waals surface area (Å²) in [5.41, 5.74) is 0. The van der Waals surface area contributed by atoms with Crippen molar-refractivity contribution in [2.75, 3.05) is 6.07 Å². The highest BCUT2D eigenvalue weighted by Gasteiger charge is 2.45. The topological polar surface area (TPSA) is 38.3 Å². The van der Waals surface area contributed by atoms with Crippen LogP contribution in [0.3, 0.4) is 0 Å². The van der Waals surface area contributed by atoms with Gasteiger partial charge < -0.3 is 10.1 Å². The fraction of sp³-hybridized carbons (Fsp3) is 0.889. The molecule has 1 N–H and O–H groups in total. The summed E-state index contributed by atoms with van der Waals surface area (Å²) >= 11 is 5.28. The van der Waals surface area contributed by atoms with Gasteiger partial charge in [-0.2, -0.15) is 0 Å². The first-order chi connectivity index (χ1) is 6.31. The first kappa shape index (κ1) is 9.13. The summed E-state index contributed by atoms with van der Waals surface area (Å²) in [6, 6.07) is 0.279. The molecule has 3 unspecified atom stereocenters. The van der Waals surface area contributed by atoms with Gasteiger partial charge in [-0.1, -0.05) is 24.4 Å². The van der Waals surface area contributed by atoms with E-state index in [1.54, 1.807) is 0 Å². The normalized spacial score (nSPS) is 36.2. The van der Waals surface area contributed by atoms with Gasteiger partial charge in [-0.15, -0.1) is 0 Å². The standard InChI is InChI=1S/C9H14ClNO2/c10-5-13-9(12)11-8-3-1-2-6-4-7(6)8/h6-8H,1-5H2,(H,11,12). The summed E-state index contributed by atoms with van der Waals surface area (Å²) in [5, 5.41) is 2.87. The molecule has 0 aromatic heterocycles. The van der Waals surface area contributed by atoms with Gasteiger partial charge >= 0.3 is 6.09 Å². The highest BCUT2D eigenvalue weighted by atomic mass is 35.5. The number of amides is 1. The molecule has 2 aliphatic rings. The van der Waals surface area contributed by atoms with Gasteiger partial charge in [0.15, 0.2) is 6.07 Å². The number of carbonyl (C=O) groups is 1. The van der Waals surface area contributed by atoms with Gasteiger partial charge in [-0.3, -0.25) is 0 Å². The van der Waals surface area contributed by atoms with Crippen LogP contribution in [0.1, 0.15) is 25.7 Å². The zero-order valence-corrected chi connectivity index (χ0v) is 8.22. The Hall–Kier alpha value is -0.440. The molecular formula is C9H14ClNO2. The molecule has 0 spiro atoms. The minimum Gasteiger partial charge on any atom is -0.433 e. The van der Waals surface area contributed by atoms with E-state index in [1.165, 1.54) is 19.3 Å². The lowest BCUT2D eigenvalue weighted by Crippen LogP contribution is -2.38. The molecule has 4 heteroatoms. The fourth-order valence-electron chi connectivity index (χ4n) is 2.33. The summed E-state index contributed by atoms with van der Waals surface area (Å²) in [7, 11) is 0. The molecule has 0 saturated heterocycles. The number of alkyl halides is 1. The smallest absolute Gasteiger partial charge is 0.408 e. The first-order valence-corrected chi connectivity index (χ1v) is 5.34. The molecule has 0 bridgehead atoms. The van der Waals surface area contributed by atoms with Crippen LogP contribution in [-0.4, -0.2) is 18.2 Å². The maximum atomic E-state index is 11.1. The lowest BCUT2D eigenvalue weighted by Gasteiger charge is -2.21. The van der Waals surface area contributed by atoms with Gasteiger partial charge in [-0.25, -0.2) is 4.79 Å². The molecule has 0 aromatic rings. The Bertz CT molecular complexity index is 210. The number of hydrogen-bond donors (Lipinski definition) is 1. The number of nitrogens with one attached hydrogen (secondary N) is 1. The highest BCUT2D eigenvalue weighted by Crippen LogP contribution is 2.49. The third-order valence-corrected chi connectivity index (χ3v) is 3.18. The summed E-state index contributed by atoms with van der Waals surface area (Å²) in [5.74, 6) is 1.59. The van der Waals surface area contributed by atoms with Crippen molar-refractivity contribution >= 4 is 17.7 Å². The second kappa shape index (κ2) is 3.74. The van der Waals surface area contributed by atoms with E-state index in [-0.39, 0.29) is 12.2 Å². The van der Waals surface area contributed by atoms with E-state index in [0.717, 1.165) is 18.3 Å². The van der Waals surface area contributed by atoms with Crippen LogP contribution in [0, 0.1) is 11.8 Å². The summed E-state index contributed by atoms with van der Waals surface area (Å²) in [6.45, 7) is 0. The van der Waals surface area contributed by atoms with Crippen molar-refractivity contribution in [2.45, 2.75) is 31.7 Å². The van der Waals surface area contributed by atoms with Crippen LogP contribution in [0.4, 0.5) is 4.79 Å². The Morgan fingerprint density at radius 1 is 1.54 bits per heavy atom. The number of rotatable bonds is 2. The Balaban J connectivity index is 1.77. The Labute approximate surface area is 82.8 Å². The van der Waals surface area contributed by atoms with E-state index >= 15 is 0 Å². The van der Waals surface area contributed by atoms with E-state index in [4.69, 9.17) is 11.6 Å². The van der Waals surface area contributed by atoms with Gasteiger partial charge in [0.05, 0.1) is 0 Å². The molecule has 2 aliphatic carbocycles. The molecule has 0 heterocycles. The van der Waals surface area contributed by atoms with Crippen LogP contribution in [0.25, 0.3) is 0 Å².